The second kappa shape index (κ2) is 12.7. The van der Waals surface area contributed by atoms with Gasteiger partial charge in [-0.05, 0) is 35.9 Å². The van der Waals surface area contributed by atoms with Crippen LogP contribution in [0, 0.1) is 0 Å². The van der Waals surface area contributed by atoms with Crippen molar-refractivity contribution in [2.45, 2.75) is 32.8 Å². The van der Waals surface area contributed by atoms with Crippen LogP contribution in [-0.4, -0.2) is 46.0 Å². The monoisotopic (exact) mass is 594 g/mol. The number of urea groups is 2. The average Bonchev–Trinajstić information content (AvgIpc) is 3.45. The van der Waals surface area contributed by atoms with Crippen molar-refractivity contribution in [3.8, 4) is 17.3 Å². The minimum absolute atomic E-state index is 0.247. The number of aromatic nitrogens is 4. The first kappa shape index (κ1) is 29.8. The molecule has 12 heteroatoms. The number of ether oxygens (including phenoxy) is 2. The van der Waals surface area contributed by atoms with Gasteiger partial charge in [-0.3, -0.25) is 10.6 Å². The van der Waals surface area contributed by atoms with Crippen molar-refractivity contribution in [2.75, 3.05) is 30.1 Å². The van der Waals surface area contributed by atoms with Gasteiger partial charge in [0.05, 0.1) is 30.4 Å². The van der Waals surface area contributed by atoms with Crippen LogP contribution in [0.5, 0.6) is 11.6 Å². The van der Waals surface area contributed by atoms with Crippen LogP contribution < -0.4 is 30.7 Å². The molecule has 0 radical (unpaired) electrons. The van der Waals surface area contributed by atoms with Crippen LogP contribution in [0.3, 0.4) is 0 Å². The van der Waals surface area contributed by atoms with Gasteiger partial charge in [0.1, 0.15) is 24.0 Å². The van der Waals surface area contributed by atoms with Crippen LogP contribution in [-0.2, 0) is 12.0 Å². The van der Waals surface area contributed by atoms with Gasteiger partial charge in [0.2, 0.25) is 5.88 Å². The van der Waals surface area contributed by atoms with E-state index in [1.165, 1.54) is 7.05 Å². The minimum atomic E-state index is -0.431. The Morgan fingerprint density at radius 2 is 1.68 bits per heavy atom. The molecule has 2 aromatic carbocycles. The second-order valence-electron chi connectivity index (χ2n) is 10.9. The zero-order chi connectivity index (χ0) is 31.3. The first-order valence-corrected chi connectivity index (χ1v) is 13.9. The number of hydrogen-bond donors (Lipinski definition) is 4. The summed E-state index contributed by atoms with van der Waals surface area (Å²) in [7, 11) is 3.09. The number of rotatable bonds is 8. The first-order valence-electron chi connectivity index (χ1n) is 13.9. The molecule has 0 bridgehead atoms. The molecular weight excluding hydrogens is 560 g/mol. The van der Waals surface area contributed by atoms with Gasteiger partial charge >= 0.3 is 12.1 Å². The predicted octanol–water partition coefficient (Wildman–Crippen LogP) is 6.10. The third-order valence-electron chi connectivity index (χ3n) is 6.71. The molecule has 3 aromatic heterocycles. The van der Waals surface area contributed by atoms with Crippen LogP contribution in [0.2, 0.25) is 0 Å². The van der Waals surface area contributed by atoms with Crippen LogP contribution >= 0.6 is 0 Å². The summed E-state index contributed by atoms with van der Waals surface area (Å²) in [5, 5.41) is 17.4. The van der Waals surface area contributed by atoms with E-state index in [2.05, 4.69) is 52.0 Å². The highest BCUT2D eigenvalue weighted by molar-refractivity contribution is 6.07. The van der Waals surface area contributed by atoms with Crippen molar-refractivity contribution in [1.82, 2.24) is 25.1 Å². The fourth-order valence-corrected chi connectivity index (χ4v) is 4.40. The zero-order valence-electron chi connectivity index (χ0n) is 25.1. The number of benzene rings is 2. The Morgan fingerprint density at radius 1 is 0.886 bits per heavy atom. The van der Waals surface area contributed by atoms with Gasteiger partial charge in [-0.25, -0.2) is 24.2 Å². The standard InChI is InChI=1S/C32H34N8O4/c1-32(2,3)26-17-28(40(39-26)21-10-13-29(43-5)35-18-21)38-31(42)36-24-11-12-25(23-9-7-6-8-22(23)24)44-19-20-14-15-34-27(16-20)37-30(41)33-4/h6-18H,19H2,1-5H3,(H2,36,38,42)(H2,33,34,37,41). The summed E-state index contributed by atoms with van der Waals surface area (Å²) < 4.78 is 13.0. The highest BCUT2D eigenvalue weighted by Crippen LogP contribution is 2.33. The van der Waals surface area contributed by atoms with E-state index in [1.807, 2.05) is 48.5 Å². The number of anilines is 3. The molecule has 0 fully saturated rings. The lowest BCUT2D eigenvalue weighted by molar-refractivity contribution is 0.253. The number of pyridine rings is 2. The third-order valence-corrected chi connectivity index (χ3v) is 6.71. The molecule has 44 heavy (non-hydrogen) atoms. The number of hydrogen-bond acceptors (Lipinski definition) is 7. The average molecular weight is 595 g/mol. The number of fused-ring (bicyclic) bond motifs is 1. The van der Waals surface area contributed by atoms with E-state index in [1.54, 1.807) is 42.4 Å². The number of nitrogens with zero attached hydrogens (tertiary/aromatic N) is 4. The van der Waals surface area contributed by atoms with Gasteiger partial charge in [0.25, 0.3) is 0 Å². The molecule has 4 amide bonds. The Hall–Kier alpha value is -5.65. The first-order chi connectivity index (χ1) is 21.1. The molecule has 5 rings (SSSR count). The quantitative estimate of drug-likeness (QED) is 0.170. The SMILES string of the molecule is CNC(=O)Nc1cc(COc2ccc(NC(=O)Nc3cc(C(C)(C)C)nn3-c3ccc(OC)nc3)c3ccccc23)ccn1. The van der Waals surface area contributed by atoms with Crippen LogP contribution in [0.15, 0.2) is 79.1 Å². The molecule has 0 saturated heterocycles. The summed E-state index contributed by atoms with van der Waals surface area (Å²) in [5.74, 6) is 2.03. The van der Waals surface area contributed by atoms with E-state index >= 15 is 0 Å². The van der Waals surface area contributed by atoms with Gasteiger partial charge in [-0.15, -0.1) is 0 Å². The predicted molar refractivity (Wildman–Crippen MR) is 170 cm³/mol. The lowest BCUT2D eigenvalue weighted by atomic mass is 9.92. The van der Waals surface area contributed by atoms with Crippen LogP contribution in [0.25, 0.3) is 16.5 Å². The fourth-order valence-electron chi connectivity index (χ4n) is 4.40. The smallest absolute Gasteiger partial charge is 0.324 e. The molecule has 0 saturated carbocycles. The van der Waals surface area contributed by atoms with E-state index in [-0.39, 0.29) is 18.1 Å². The van der Waals surface area contributed by atoms with Crippen LogP contribution in [0.1, 0.15) is 32.0 Å². The summed E-state index contributed by atoms with van der Waals surface area (Å²) in [5.41, 5.74) is 2.67. The van der Waals surface area contributed by atoms with Gasteiger partial charge in [0, 0.05) is 41.6 Å². The Kier molecular flexibility index (Phi) is 8.61. The number of amides is 4. The molecule has 0 unspecified atom stereocenters. The maximum Gasteiger partial charge on any atom is 0.324 e. The maximum absolute atomic E-state index is 13.3. The molecule has 3 heterocycles. The molecule has 0 spiro atoms. The topological polar surface area (TPSA) is 144 Å². The van der Waals surface area contributed by atoms with E-state index in [0.29, 0.717) is 34.6 Å². The van der Waals surface area contributed by atoms with E-state index < -0.39 is 6.03 Å². The summed E-state index contributed by atoms with van der Waals surface area (Å²) in [6.07, 6.45) is 3.24. The lowest BCUT2D eigenvalue weighted by Gasteiger charge is -2.15. The number of carbonyl (C=O) groups excluding carboxylic acids is 2. The molecule has 0 aliphatic carbocycles. The number of carbonyl (C=O) groups is 2. The van der Waals surface area contributed by atoms with Crippen molar-refractivity contribution >= 4 is 40.2 Å². The molecule has 0 aliphatic rings. The van der Waals surface area contributed by atoms with E-state index in [0.717, 1.165) is 22.0 Å². The molecule has 4 N–H and O–H groups in total. The van der Waals surface area contributed by atoms with Crippen LogP contribution in [0.4, 0.5) is 26.9 Å². The summed E-state index contributed by atoms with van der Waals surface area (Å²) in [6, 6.07) is 19.5. The van der Waals surface area contributed by atoms with Crippen molar-refractivity contribution in [1.29, 1.82) is 0 Å². The molecule has 0 aliphatic heterocycles. The van der Waals surface area contributed by atoms with Gasteiger partial charge in [-0.1, -0.05) is 45.0 Å². The lowest BCUT2D eigenvalue weighted by Crippen LogP contribution is -2.25. The second-order valence-corrected chi connectivity index (χ2v) is 10.9. The third kappa shape index (κ3) is 6.86. The fraction of sp³-hybridized carbons (Fsp3) is 0.219. The molecule has 12 nitrogen and oxygen atoms in total. The summed E-state index contributed by atoms with van der Waals surface area (Å²) >= 11 is 0. The highest BCUT2D eigenvalue weighted by atomic mass is 16.5. The zero-order valence-corrected chi connectivity index (χ0v) is 25.1. The number of methoxy groups -OCH3 is 1. The van der Waals surface area contributed by atoms with E-state index in [4.69, 9.17) is 14.6 Å². The van der Waals surface area contributed by atoms with Crippen molar-refractivity contribution < 1.29 is 19.1 Å². The minimum Gasteiger partial charge on any atom is -0.488 e. The van der Waals surface area contributed by atoms with Gasteiger partial charge in [0.15, 0.2) is 0 Å². The van der Waals surface area contributed by atoms with E-state index in [9.17, 15) is 9.59 Å². The Labute approximate surface area is 254 Å². The Bertz CT molecular complexity index is 1790. The highest BCUT2D eigenvalue weighted by Gasteiger charge is 2.22. The molecule has 5 aromatic rings. The van der Waals surface area contributed by atoms with Gasteiger partial charge < -0.3 is 20.1 Å². The van der Waals surface area contributed by atoms with Crippen molar-refractivity contribution in [2.24, 2.45) is 0 Å². The normalized spacial score (nSPS) is 11.1. The molecule has 226 valence electrons. The largest absolute Gasteiger partial charge is 0.488 e. The summed E-state index contributed by atoms with van der Waals surface area (Å²) in [6.45, 7) is 6.42. The van der Waals surface area contributed by atoms with Gasteiger partial charge in [-0.2, -0.15) is 5.10 Å². The van der Waals surface area contributed by atoms with Crippen molar-refractivity contribution in [3.05, 3.63) is 90.4 Å². The maximum atomic E-state index is 13.3. The molecular formula is C32H34N8O4. The molecule has 0 atom stereocenters. The summed E-state index contributed by atoms with van der Waals surface area (Å²) in [4.78, 5) is 33.4. The Balaban J connectivity index is 1.35. The Morgan fingerprint density at radius 3 is 2.39 bits per heavy atom. The number of nitrogens with one attached hydrogen (secondary N) is 4. The van der Waals surface area contributed by atoms with Crippen molar-refractivity contribution in [3.63, 3.8) is 0 Å².